The molecule has 1 aromatic rings. The molecule has 3 N–H and O–H groups in total. The highest BCUT2D eigenvalue weighted by atomic mass is 16.5. The molecule has 0 aliphatic heterocycles. The van der Waals surface area contributed by atoms with Gasteiger partial charge in [0.1, 0.15) is 5.75 Å². The molecule has 0 atom stereocenters. The first kappa shape index (κ1) is 8.52. The molecule has 4 heteroatoms. The Labute approximate surface area is 69.7 Å². The van der Waals surface area contributed by atoms with Gasteiger partial charge in [-0.05, 0) is 6.92 Å². The highest BCUT2D eigenvalue weighted by Crippen LogP contribution is 2.38. The van der Waals surface area contributed by atoms with Crippen molar-refractivity contribution in [3.8, 4) is 23.0 Å². The van der Waals surface area contributed by atoms with Gasteiger partial charge in [-0.3, -0.25) is 0 Å². The summed E-state index contributed by atoms with van der Waals surface area (Å²) in [6, 6.07) is 2.20. The van der Waals surface area contributed by atoms with E-state index in [0.717, 1.165) is 12.1 Å². The van der Waals surface area contributed by atoms with Crippen LogP contribution in [0.3, 0.4) is 0 Å². The molecule has 0 unspecified atom stereocenters. The Bertz CT molecular complexity index is 259. The largest absolute Gasteiger partial charge is 0.508 e. The second kappa shape index (κ2) is 3.21. The maximum absolute atomic E-state index is 9.16. The lowest BCUT2D eigenvalue weighted by atomic mass is 10.3. The molecule has 0 aliphatic rings. The predicted molar refractivity (Wildman–Crippen MR) is 42.6 cm³/mol. The number of hydrogen-bond acceptors (Lipinski definition) is 4. The van der Waals surface area contributed by atoms with E-state index >= 15 is 0 Å². The monoisotopic (exact) mass is 170 g/mol. The van der Waals surface area contributed by atoms with Gasteiger partial charge in [0.05, 0.1) is 6.61 Å². The summed E-state index contributed by atoms with van der Waals surface area (Å²) in [7, 11) is 0. The van der Waals surface area contributed by atoms with E-state index < -0.39 is 0 Å². The molecular weight excluding hydrogens is 160 g/mol. The fraction of sp³-hybridized carbons (Fsp3) is 0.250. The first-order chi connectivity index (χ1) is 5.65. The summed E-state index contributed by atoms with van der Waals surface area (Å²) in [6.45, 7) is 2.07. The third-order valence-corrected chi connectivity index (χ3v) is 1.32. The van der Waals surface area contributed by atoms with Crippen molar-refractivity contribution >= 4 is 0 Å². The number of phenolic OH excluding ortho intramolecular Hbond substituents is 3. The van der Waals surface area contributed by atoms with E-state index in [0.29, 0.717) is 6.61 Å². The zero-order valence-electron chi connectivity index (χ0n) is 6.61. The van der Waals surface area contributed by atoms with Crippen LogP contribution in [0.25, 0.3) is 0 Å². The van der Waals surface area contributed by atoms with Gasteiger partial charge < -0.3 is 20.1 Å². The predicted octanol–water partition coefficient (Wildman–Crippen LogP) is 1.20. The van der Waals surface area contributed by atoms with Gasteiger partial charge in [-0.1, -0.05) is 0 Å². The van der Waals surface area contributed by atoms with Crippen LogP contribution in [0.4, 0.5) is 0 Å². The summed E-state index contributed by atoms with van der Waals surface area (Å²) < 4.78 is 4.91. The number of ether oxygens (including phenoxy) is 1. The van der Waals surface area contributed by atoms with Crippen molar-refractivity contribution in [1.82, 2.24) is 0 Å². The van der Waals surface area contributed by atoms with E-state index in [1.807, 2.05) is 0 Å². The average molecular weight is 170 g/mol. The third kappa shape index (κ3) is 1.53. The van der Waals surface area contributed by atoms with Gasteiger partial charge in [0.2, 0.25) is 5.75 Å². The zero-order chi connectivity index (χ0) is 9.14. The first-order valence-electron chi connectivity index (χ1n) is 3.53. The molecule has 0 aliphatic carbocycles. The smallest absolute Gasteiger partial charge is 0.203 e. The fourth-order valence-electron chi connectivity index (χ4n) is 0.876. The van der Waals surface area contributed by atoms with Gasteiger partial charge in [0.15, 0.2) is 11.5 Å². The molecule has 0 radical (unpaired) electrons. The van der Waals surface area contributed by atoms with Crippen LogP contribution in [0.2, 0.25) is 0 Å². The second-order valence-electron chi connectivity index (χ2n) is 2.25. The van der Waals surface area contributed by atoms with Crippen molar-refractivity contribution in [3.05, 3.63) is 12.1 Å². The van der Waals surface area contributed by atoms with Gasteiger partial charge in [0, 0.05) is 12.1 Å². The Hall–Kier alpha value is -1.58. The molecule has 0 saturated carbocycles. The van der Waals surface area contributed by atoms with E-state index in [4.69, 9.17) is 20.1 Å². The summed E-state index contributed by atoms with van der Waals surface area (Å²) in [4.78, 5) is 0. The molecule has 1 aromatic carbocycles. The van der Waals surface area contributed by atoms with Crippen molar-refractivity contribution in [2.24, 2.45) is 0 Å². The van der Waals surface area contributed by atoms with E-state index in [-0.39, 0.29) is 23.0 Å². The highest BCUT2D eigenvalue weighted by molar-refractivity contribution is 5.53. The Balaban J connectivity index is 3.10. The van der Waals surface area contributed by atoms with E-state index in [1.54, 1.807) is 6.92 Å². The molecule has 0 aromatic heterocycles. The minimum absolute atomic E-state index is 0.00435. The Morgan fingerprint density at radius 1 is 1.17 bits per heavy atom. The van der Waals surface area contributed by atoms with Crippen molar-refractivity contribution in [2.75, 3.05) is 6.61 Å². The average Bonchev–Trinajstić information content (AvgIpc) is 1.96. The summed E-state index contributed by atoms with van der Waals surface area (Å²) in [5.74, 6) is -0.743. The molecule has 0 heterocycles. The molecule has 66 valence electrons. The van der Waals surface area contributed by atoms with Crippen molar-refractivity contribution < 1.29 is 20.1 Å². The number of rotatable bonds is 2. The molecule has 0 bridgehead atoms. The van der Waals surface area contributed by atoms with Crippen molar-refractivity contribution in [1.29, 1.82) is 0 Å². The second-order valence-corrected chi connectivity index (χ2v) is 2.25. The van der Waals surface area contributed by atoms with Crippen LogP contribution in [-0.4, -0.2) is 21.9 Å². The summed E-state index contributed by atoms with van der Waals surface area (Å²) in [6.07, 6.45) is 0. The molecule has 0 fully saturated rings. The summed E-state index contributed by atoms with van der Waals surface area (Å²) in [5.41, 5.74) is 0. The zero-order valence-corrected chi connectivity index (χ0v) is 6.61. The topological polar surface area (TPSA) is 69.9 Å². The van der Waals surface area contributed by atoms with Gasteiger partial charge in [0.25, 0.3) is 0 Å². The van der Waals surface area contributed by atoms with E-state index in [1.165, 1.54) is 0 Å². The van der Waals surface area contributed by atoms with Crippen LogP contribution < -0.4 is 4.74 Å². The van der Waals surface area contributed by atoms with Crippen LogP contribution in [0, 0.1) is 0 Å². The van der Waals surface area contributed by atoms with Gasteiger partial charge in [-0.15, -0.1) is 0 Å². The molecule has 0 spiro atoms. The lowest BCUT2D eigenvalue weighted by Crippen LogP contribution is -1.91. The van der Waals surface area contributed by atoms with Crippen molar-refractivity contribution in [3.63, 3.8) is 0 Å². The quantitative estimate of drug-likeness (QED) is 0.623. The molecule has 4 nitrogen and oxygen atoms in total. The molecular formula is C8H10O4. The lowest BCUT2D eigenvalue weighted by molar-refractivity contribution is 0.296. The maximum atomic E-state index is 9.16. The van der Waals surface area contributed by atoms with Crippen LogP contribution in [0.1, 0.15) is 6.92 Å². The van der Waals surface area contributed by atoms with Gasteiger partial charge in [-0.2, -0.15) is 0 Å². The minimum atomic E-state index is -0.269. The van der Waals surface area contributed by atoms with E-state index in [2.05, 4.69) is 0 Å². The van der Waals surface area contributed by atoms with Crippen LogP contribution in [0.5, 0.6) is 23.0 Å². The SMILES string of the molecule is CCOc1c(O)cc(O)cc1O. The summed E-state index contributed by atoms with van der Waals surface area (Å²) in [5, 5.41) is 27.2. The van der Waals surface area contributed by atoms with Gasteiger partial charge >= 0.3 is 0 Å². The Morgan fingerprint density at radius 2 is 1.67 bits per heavy atom. The lowest BCUT2D eigenvalue weighted by Gasteiger charge is -2.07. The van der Waals surface area contributed by atoms with Gasteiger partial charge in [-0.25, -0.2) is 0 Å². The number of benzene rings is 1. The summed E-state index contributed by atoms with van der Waals surface area (Å²) >= 11 is 0. The minimum Gasteiger partial charge on any atom is -0.508 e. The first-order valence-corrected chi connectivity index (χ1v) is 3.53. The maximum Gasteiger partial charge on any atom is 0.203 e. The highest BCUT2D eigenvalue weighted by Gasteiger charge is 2.09. The number of phenols is 3. The van der Waals surface area contributed by atoms with Crippen LogP contribution >= 0.6 is 0 Å². The Morgan fingerprint density at radius 3 is 2.08 bits per heavy atom. The molecule has 1 rings (SSSR count). The number of aromatic hydroxyl groups is 3. The number of hydrogen-bond donors (Lipinski definition) is 3. The Kier molecular flexibility index (Phi) is 2.28. The van der Waals surface area contributed by atoms with Crippen molar-refractivity contribution in [2.45, 2.75) is 6.92 Å². The van der Waals surface area contributed by atoms with E-state index in [9.17, 15) is 0 Å². The molecule has 0 saturated heterocycles. The molecule has 12 heavy (non-hydrogen) atoms. The molecule has 0 amide bonds. The van der Waals surface area contributed by atoms with Crippen LogP contribution in [-0.2, 0) is 0 Å². The third-order valence-electron chi connectivity index (χ3n) is 1.32. The standard InChI is InChI=1S/C8H10O4/c1-2-12-8-6(10)3-5(9)4-7(8)11/h3-4,9-11H,2H2,1H3. The normalized spacial score (nSPS) is 9.75. The van der Waals surface area contributed by atoms with Crippen LogP contribution in [0.15, 0.2) is 12.1 Å². The fourth-order valence-corrected chi connectivity index (χ4v) is 0.876.